The van der Waals surface area contributed by atoms with Gasteiger partial charge < -0.3 is 15.1 Å². The Hall–Kier alpha value is -2.56. The molecule has 2 aromatic rings. The maximum absolute atomic E-state index is 12.0. The van der Waals surface area contributed by atoms with Gasteiger partial charge in [0.05, 0.1) is 5.71 Å². The van der Waals surface area contributed by atoms with Crippen molar-refractivity contribution in [1.29, 1.82) is 0 Å². The molecule has 0 radical (unpaired) electrons. The third-order valence-corrected chi connectivity index (χ3v) is 3.20. The molecular formula is C15H15N3O2. The molecule has 0 saturated heterocycles. The number of carbonyl (C=O) groups excluding carboxylic acids is 1. The fraction of sp³-hybridized carbons (Fsp3) is 0.200. The molecule has 3 rings (SSSR count). The molecule has 1 aliphatic rings. The molecule has 1 aromatic heterocycles. The van der Waals surface area contributed by atoms with E-state index in [0.29, 0.717) is 13.0 Å². The number of amides is 1. The summed E-state index contributed by atoms with van der Waals surface area (Å²) in [6.45, 7) is 0.489. The minimum absolute atomic E-state index is 0.138. The van der Waals surface area contributed by atoms with Crippen molar-refractivity contribution in [3.05, 3.63) is 59.9 Å². The molecule has 0 aliphatic carbocycles. The number of nitrogens with one attached hydrogen (secondary N) is 2. The first-order valence-electron chi connectivity index (χ1n) is 6.50. The van der Waals surface area contributed by atoms with Gasteiger partial charge in [-0.3, -0.25) is 4.79 Å². The predicted octanol–water partition coefficient (Wildman–Crippen LogP) is 1.82. The highest BCUT2D eigenvalue weighted by molar-refractivity contribution is 6.04. The van der Waals surface area contributed by atoms with Gasteiger partial charge in [0.2, 0.25) is 6.10 Å². The molecule has 1 atom stereocenters. The van der Waals surface area contributed by atoms with Crippen molar-refractivity contribution in [2.45, 2.75) is 19.1 Å². The lowest BCUT2D eigenvalue weighted by Crippen LogP contribution is -2.34. The first-order valence-corrected chi connectivity index (χ1v) is 6.50. The molecule has 0 fully saturated rings. The second-order valence-corrected chi connectivity index (χ2v) is 4.64. The Kier molecular flexibility index (Phi) is 3.50. The number of rotatable bonds is 4. The van der Waals surface area contributed by atoms with E-state index in [1.807, 2.05) is 48.8 Å². The summed E-state index contributed by atoms with van der Waals surface area (Å²) in [5.41, 5.74) is 2.83. The van der Waals surface area contributed by atoms with Crippen LogP contribution in [0.1, 0.15) is 17.5 Å². The van der Waals surface area contributed by atoms with Gasteiger partial charge in [-0.1, -0.05) is 35.5 Å². The topological polar surface area (TPSA) is 66.5 Å². The summed E-state index contributed by atoms with van der Waals surface area (Å²) in [5.74, 6) is -0.138. The third kappa shape index (κ3) is 2.71. The molecule has 0 bridgehead atoms. The maximum atomic E-state index is 12.0. The average Bonchev–Trinajstić information content (AvgIpc) is 3.17. The van der Waals surface area contributed by atoms with Crippen LogP contribution in [0.5, 0.6) is 0 Å². The fourth-order valence-electron chi connectivity index (χ4n) is 2.09. The molecule has 5 heteroatoms. The molecule has 5 nitrogen and oxygen atoms in total. The Morgan fingerprint density at radius 2 is 2.20 bits per heavy atom. The number of hydrogen-bond donors (Lipinski definition) is 2. The van der Waals surface area contributed by atoms with Crippen molar-refractivity contribution in [1.82, 2.24) is 10.3 Å². The van der Waals surface area contributed by atoms with E-state index < -0.39 is 6.10 Å². The SMILES string of the molecule is O=C(NCc1cc[nH]c1)C1CC(c2ccccc2)=NO1. The van der Waals surface area contributed by atoms with E-state index in [2.05, 4.69) is 15.5 Å². The number of aromatic nitrogens is 1. The summed E-state index contributed by atoms with van der Waals surface area (Å²) < 4.78 is 0. The summed E-state index contributed by atoms with van der Waals surface area (Å²) >= 11 is 0. The average molecular weight is 269 g/mol. The van der Waals surface area contributed by atoms with E-state index in [0.717, 1.165) is 16.8 Å². The number of benzene rings is 1. The van der Waals surface area contributed by atoms with E-state index >= 15 is 0 Å². The van der Waals surface area contributed by atoms with Crippen LogP contribution in [0, 0.1) is 0 Å². The van der Waals surface area contributed by atoms with E-state index in [-0.39, 0.29) is 5.91 Å². The molecule has 2 heterocycles. The molecule has 1 aliphatic heterocycles. The summed E-state index contributed by atoms with van der Waals surface area (Å²) in [7, 11) is 0. The number of carbonyl (C=O) groups is 1. The summed E-state index contributed by atoms with van der Waals surface area (Å²) in [6, 6.07) is 11.7. The minimum atomic E-state index is -0.538. The van der Waals surface area contributed by atoms with Gasteiger partial charge in [0.15, 0.2) is 0 Å². The molecule has 0 saturated carbocycles. The zero-order chi connectivity index (χ0) is 13.8. The van der Waals surface area contributed by atoms with Gasteiger partial charge >= 0.3 is 0 Å². The van der Waals surface area contributed by atoms with Crippen LogP contribution in [-0.4, -0.2) is 22.7 Å². The van der Waals surface area contributed by atoms with Crippen molar-refractivity contribution in [3.8, 4) is 0 Å². The Balaban J connectivity index is 1.54. The summed E-state index contributed by atoms with van der Waals surface area (Å²) in [5, 5.41) is 6.84. The quantitative estimate of drug-likeness (QED) is 0.889. The van der Waals surface area contributed by atoms with Crippen molar-refractivity contribution >= 4 is 11.6 Å². The Bertz CT molecular complexity index is 605. The molecule has 102 valence electrons. The molecule has 20 heavy (non-hydrogen) atoms. The standard InChI is InChI=1S/C15H15N3O2/c19-15(17-10-11-6-7-16-9-11)14-8-13(18-20-14)12-4-2-1-3-5-12/h1-7,9,14,16H,8,10H2,(H,17,19). The number of hydrogen-bond acceptors (Lipinski definition) is 3. The zero-order valence-corrected chi connectivity index (χ0v) is 10.9. The Morgan fingerprint density at radius 3 is 2.95 bits per heavy atom. The largest absolute Gasteiger partial charge is 0.382 e. The molecular weight excluding hydrogens is 254 g/mol. The van der Waals surface area contributed by atoms with E-state index in [1.165, 1.54) is 0 Å². The predicted molar refractivity (Wildman–Crippen MR) is 75.1 cm³/mol. The number of aromatic amines is 1. The minimum Gasteiger partial charge on any atom is -0.382 e. The van der Waals surface area contributed by atoms with Gasteiger partial charge in [-0.05, 0) is 17.2 Å². The van der Waals surface area contributed by atoms with Gasteiger partial charge in [-0.2, -0.15) is 0 Å². The van der Waals surface area contributed by atoms with Gasteiger partial charge in [-0.15, -0.1) is 0 Å². The highest BCUT2D eigenvalue weighted by Crippen LogP contribution is 2.16. The second-order valence-electron chi connectivity index (χ2n) is 4.64. The first kappa shape index (κ1) is 12.5. The van der Waals surface area contributed by atoms with Crippen molar-refractivity contribution < 1.29 is 9.63 Å². The lowest BCUT2D eigenvalue weighted by atomic mass is 10.0. The highest BCUT2D eigenvalue weighted by Gasteiger charge is 2.28. The molecule has 1 amide bonds. The number of nitrogens with zero attached hydrogens (tertiary/aromatic N) is 1. The molecule has 0 spiro atoms. The summed E-state index contributed by atoms with van der Waals surface area (Å²) in [4.78, 5) is 20.2. The van der Waals surface area contributed by atoms with Crippen molar-refractivity contribution in [2.75, 3.05) is 0 Å². The third-order valence-electron chi connectivity index (χ3n) is 3.20. The van der Waals surface area contributed by atoms with Gasteiger partial charge in [-0.25, -0.2) is 0 Å². The van der Waals surface area contributed by atoms with Crippen LogP contribution in [0.25, 0.3) is 0 Å². The van der Waals surface area contributed by atoms with Crippen LogP contribution < -0.4 is 5.32 Å². The Labute approximate surface area is 116 Å². The van der Waals surface area contributed by atoms with Crippen LogP contribution in [0.3, 0.4) is 0 Å². The van der Waals surface area contributed by atoms with Crippen molar-refractivity contribution in [3.63, 3.8) is 0 Å². The lowest BCUT2D eigenvalue weighted by molar-refractivity contribution is -0.131. The monoisotopic (exact) mass is 269 g/mol. The highest BCUT2D eigenvalue weighted by atomic mass is 16.6. The lowest BCUT2D eigenvalue weighted by Gasteiger charge is -2.08. The first-order chi connectivity index (χ1) is 9.83. The van der Waals surface area contributed by atoms with Gasteiger partial charge in [0, 0.05) is 25.4 Å². The normalized spacial score (nSPS) is 17.4. The molecule has 1 aromatic carbocycles. The molecule has 2 N–H and O–H groups in total. The second kappa shape index (κ2) is 5.61. The Morgan fingerprint density at radius 1 is 1.35 bits per heavy atom. The van der Waals surface area contributed by atoms with Crippen LogP contribution in [0.15, 0.2) is 53.9 Å². The van der Waals surface area contributed by atoms with E-state index in [1.54, 1.807) is 0 Å². The van der Waals surface area contributed by atoms with Crippen LogP contribution in [0.4, 0.5) is 0 Å². The maximum Gasteiger partial charge on any atom is 0.264 e. The number of H-pyrrole nitrogens is 1. The fourth-order valence-corrected chi connectivity index (χ4v) is 2.09. The zero-order valence-electron chi connectivity index (χ0n) is 10.9. The summed E-state index contributed by atoms with van der Waals surface area (Å²) in [6.07, 6.45) is 3.64. The van der Waals surface area contributed by atoms with Crippen molar-refractivity contribution in [2.24, 2.45) is 5.16 Å². The van der Waals surface area contributed by atoms with Crippen LogP contribution >= 0.6 is 0 Å². The van der Waals surface area contributed by atoms with E-state index in [9.17, 15) is 4.79 Å². The smallest absolute Gasteiger partial charge is 0.264 e. The van der Waals surface area contributed by atoms with E-state index in [4.69, 9.17) is 4.84 Å². The van der Waals surface area contributed by atoms with Crippen LogP contribution in [-0.2, 0) is 16.2 Å². The number of oxime groups is 1. The van der Waals surface area contributed by atoms with Gasteiger partial charge in [0.25, 0.3) is 5.91 Å². The van der Waals surface area contributed by atoms with Gasteiger partial charge in [0.1, 0.15) is 0 Å². The van der Waals surface area contributed by atoms with Crippen LogP contribution in [0.2, 0.25) is 0 Å². The molecule has 1 unspecified atom stereocenters.